The molecule has 0 radical (unpaired) electrons. The molecule has 0 bridgehead atoms. The number of hydrogen-bond acceptors (Lipinski definition) is 1. The summed E-state index contributed by atoms with van der Waals surface area (Å²) in [5, 5.41) is 10.4. The van der Waals surface area contributed by atoms with Gasteiger partial charge in [-0.15, -0.1) is 0 Å². The van der Waals surface area contributed by atoms with E-state index in [1.54, 1.807) is 0 Å². The Kier molecular flexibility index (Phi) is 3.76. The lowest BCUT2D eigenvalue weighted by molar-refractivity contribution is 0.989. The molecule has 1 aliphatic carbocycles. The molecule has 3 N–H and O–H groups in total. The van der Waals surface area contributed by atoms with Gasteiger partial charge in [0.05, 0.1) is 12.2 Å². The molecule has 3 aromatic rings. The summed E-state index contributed by atoms with van der Waals surface area (Å²) in [4.78, 5) is 1.86. The van der Waals surface area contributed by atoms with Crippen LogP contribution in [-0.4, -0.2) is 5.96 Å². The fraction of sp³-hybridized carbons (Fsp3) is 0.0500. The highest BCUT2D eigenvalue weighted by atomic mass is 127. The third-order valence-electron chi connectivity index (χ3n) is 4.36. The molecule has 3 aromatic carbocycles. The average molecular weight is 425 g/mol. The van der Waals surface area contributed by atoms with Gasteiger partial charge in [-0.05, 0) is 62.9 Å². The molecule has 0 saturated carbocycles. The predicted molar refractivity (Wildman–Crippen MR) is 110 cm³/mol. The zero-order chi connectivity index (χ0) is 16.7. The van der Waals surface area contributed by atoms with Crippen LogP contribution in [0, 0.1) is 8.98 Å². The van der Waals surface area contributed by atoms with Crippen LogP contribution in [0.4, 0.5) is 5.69 Å². The van der Waals surface area contributed by atoms with E-state index in [-0.39, 0.29) is 5.96 Å². The molecule has 0 saturated heterocycles. The second-order valence-electron chi connectivity index (χ2n) is 5.87. The Morgan fingerprint density at radius 1 is 0.958 bits per heavy atom. The highest BCUT2D eigenvalue weighted by Gasteiger charge is 2.17. The lowest BCUT2D eigenvalue weighted by Gasteiger charge is -2.25. The smallest absolute Gasteiger partial charge is 0.193 e. The summed E-state index contributed by atoms with van der Waals surface area (Å²) in [6.45, 7) is 0.582. The van der Waals surface area contributed by atoms with Crippen molar-refractivity contribution in [2.45, 2.75) is 6.54 Å². The van der Waals surface area contributed by atoms with Crippen LogP contribution in [0.3, 0.4) is 0 Å². The first-order chi connectivity index (χ1) is 11.6. The Hall–Kier alpha value is -2.34. The fourth-order valence-electron chi connectivity index (χ4n) is 3.21. The molecule has 0 unspecified atom stereocenters. The van der Waals surface area contributed by atoms with Crippen LogP contribution in [0.2, 0.25) is 0 Å². The molecule has 3 nitrogen and oxygen atoms in total. The van der Waals surface area contributed by atoms with E-state index in [2.05, 4.69) is 89.3 Å². The topological polar surface area (TPSA) is 53.1 Å². The van der Waals surface area contributed by atoms with E-state index in [1.165, 1.54) is 20.1 Å². The largest absolute Gasteiger partial charge is 0.370 e. The van der Waals surface area contributed by atoms with Crippen molar-refractivity contribution < 1.29 is 0 Å². The molecule has 118 valence electrons. The molecule has 24 heavy (non-hydrogen) atoms. The van der Waals surface area contributed by atoms with Gasteiger partial charge < -0.3 is 10.6 Å². The molecule has 4 heteroatoms. The average Bonchev–Trinajstić information content (AvgIpc) is 3.00. The summed E-state index contributed by atoms with van der Waals surface area (Å²) < 4.78 is 1.20. The van der Waals surface area contributed by atoms with Crippen molar-refractivity contribution in [3.05, 3.63) is 74.9 Å². The van der Waals surface area contributed by atoms with Crippen molar-refractivity contribution in [1.82, 2.24) is 0 Å². The summed E-state index contributed by atoms with van der Waals surface area (Å²) in [6, 6.07) is 18.8. The van der Waals surface area contributed by atoms with Gasteiger partial charge in [-0.25, -0.2) is 0 Å². The number of nitrogens with zero attached hydrogens (tertiary/aromatic N) is 1. The van der Waals surface area contributed by atoms with Crippen LogP contribution in [0.15, 0.2) is 54.6 Å². The van der Waals surface area contributed by atoms with Crippen molar-refractivity contribution in [1.29, 1.82) is 5.41 Å². The number of benzene rings is 3. The van der Waals surface area contributed by atoms with Gasteiger partial charge in [0, 0.05) is 8.96 Å². The standard InChI is InChI=1S/C20H16IN3/c21-16-9-4-13(5-10-16)12-24(20(22)23)18-11-8-15-7-6-14-2-1-3-17(18)19(14)15/h1-11H,12H2,(H3,22,23). The van der Waals surface area contributed by atoms with Gasteiger partial charge in [-0.1, -0.05) is 48.6 Å². The highest BCUT2D eigenvalue weighted by molar-refractivity contribution is 14.1. The minimum Gasteiger partial charge on any atom is -0.370 e. The molecule has 1 aliphatic rings. The molecular weight excluding hydrogens is 409 g/mol. The maximum atomic E-state index is 8.07. The van der Waals surface area contributed by atoms with E-state index in [4.69, 9.17) is 11.1 Å². The van der Waals surface area contributed by atoms with Crippen molar-refractivity contribution in [2.75, 3.05) is 4.90 Å². The summed E-state index contributed by atoms with van der Waals surface area (Å²) in [6.07, 6.45) is 4.28. The van der Waals surface area contributed by atoms with Crippen molar-refractivity contribution in [3.63, 3.8) is 0 Å². The summed E-state index contributed by atoms with van der Waals surface area (Å²) >= 11 is 2.29. The van der Waals surface area contributed by atoms with Crippen molar-refractivity contribution in [3.8, 4) is 0 Å². The lowest BCUT2D eigenvalue weighted by Crippen LogP contribution is -2.36. The number of guanidine groups is 1. The highest BCUT2D eigenvalue weighted by Crippen LogP contribution is 2.37. The number of anilines is 1. The quantitative estimate of drug-likeness (QED) is 0.281. The van der Waals surface area contributed by atoms with Gasteiger partial charge in [-0.2, -0.15) is 0 Å². The second kappa shape index (κ2) is 5.94. The van der Waals surface area contributed by atoms with Crippen LogP contribution < -0.4 is 10.6 Å². The molecular formula is C20H16IN3. The van der Waals surface area contributed by atoms with Gasteiger partial charge in [0.2, 0.25) is 0 Å². The lowest BCUT2D eigenvalue weighted by atomic mass is 10.0. The molecule has 4 rings (SSSR count). The van der Waals surface area contributed by atoms with Crippen molar-refractivity contribution in [2.24, 2.45) is 5.73 Å². The molecule has 0 amide bonds. The van der Waals surface area contributed by atoms with Crippen LogP contribution >= 0.6 is 22.6 Å². The number of halogens is 1. The summed E-state index contributed by atoms with van der Waals surface area (Å²) in [5.74, 6) is 0.0557. The Bertz CT molecular complexity index is 962. The molecule has 0 fully saturated rings. The second-order valence-corrected chi connectivity index (χ2v) is 7.12. The molecule has 0 spiro atoms. The molecule has 0 aliphatic heterocycles. The Labute approximate surface area is 154 Å². The van der Waals surface area contributed by atoms with E-state index < -0.39 is 0 Å². The summed E-state index contributed by atoms with van der Waals surface area (Å²) in [7, 11) is 0. The van der Waals surface area contributed by atoms with E-state index in [0.29, 0.717) is 6.54 Å². The van der Waals surface area contributed by atoms with E-state index >= 15 is 0 Å². The van der Waals surface area contributed by atoms with Crippen LogP contribution in [-0.2, 0) is 6.54 Å². The Morgan fingerprint density at radius 3 is 2.38 bits per heavy atom. The van der Waals surface area contributed by atoms with Gasteiger partial charge in [0.15, 0.2) is 5.96 Å². The van der Waals surface area contributed by atoms with Gasteiger partial charge in [0.25, 0.3) is 0 Å². The Morgan fingerprint density at radius 2 is 1.67 bits per heavy atom. The number of nitrogens with one attached hydrogen (secondary N) is 1. The minimum absolute atomic E-state index is 0.0557. The van der Waals surface area contributed by atoms with Gasteiger partial charge in [-0.3, -0.25) is 5.41 Å². The van der Waals surface area contributed by atoms with E-state index in [9.17, 15) is 0 Å². The zero-order valence-electron chi connectivity index (χ0n) is 13.0. The normalized spacial score (nSPS) is 11.9. The first-order valence-electron chi connectivity index (χ1n) is 7.73. The van der Waals surface area contributed by atoms with Gasteiger partial charge in [0.1, 0.15) is 0 Å². The predicted octanol–water partition coefficient (Wildman–Crippen LogP) is 4.83. The Balaban J connectivity index is 1.82. The van der Waals surface area contributed by atoms with E-state index in [1.807, 2.05) is 4.90 Å². The van der Waals surface area contributed by atoms with Crippen LogP contribution in [0.1, 0.15) is 16.7 Å². The van der Waals surface area contributed by atoms with Crippen LogP contribution in [0.25, 0.3) is 22.9 Å². The maximum absolute atomic E-state index is 8.07. The van der Waals surface area contributed by atoms with Crippen LogP contribution in [0.5, 0.6) is 0 Å². The fourth-order valence-corrected chi connectivity index (χ4v) is 3.57. The number of nitrogens with two attached hydrogens (primary N) is 1. The van der Waals surface area contributed by atoms with Gasteiger partial charge >= 0.3 is 0 Å². The monoisotopic (exact) mass is 425 g/mol. The van der Waals surface area contributed by atoms with Crippen molar-refractivity contribution >= 4 is 57.2 Å². The molecule has 0 atom stereocenters. The molecule has 0 heterocycles. The first kappa shape index (κ1) is 15.2. The molecule has 0 aromatic heterocycles. The third-order valence-corrected chi connectivity index (χ3v) is 5.08. The first-order valence-corrected chi connectivity index (χ1v) is 8.81. The van der Waals surface area contributed by atoms with E-state index in [0.717, 1.165) is 16.6 Å². The zero-order valence-corrected chi connectivity index (χ0v) is 15.1. The number of hydrogen-bond donors (Lipinski definition) is 2. The third kappa shape index (κ3) is 2.57. The SMILES string of the molecule is N=C(N)N(Cc1ccc(I)cc1)c1ccc2c3c(cccc13)C=C2. The summed E-state index contributed by atoms with van der Waals surface area (Å²) in [5.41, 5.74) is 10.5. The number of rotatable bonds is 3. The maximum Gasteiger partial charge on any atom is 0.193 e. The minimum atomic E-state index is 0.0557.